The fourth-order valence-electron chi connectivity index (χ4n) is 3.60. The van der Waals surface area contributed by atoms with Crippen molar-refractivity contribution in [3.63, 3.8) is 0 Å². The number of imidazole rings is 1. The first kappa shape index (κ1) is 19.6. The van der Waals surface area contributed by atoms with Crippen molar-refractivity contribution in [3.05, 3.63) is 20.8 Å². The number of H-pyrrole nitrogens is 1. The van der Waals surface area contributed by atoms with E-state index >= 15 is 0 Å². The Balaban J connectivity index is 2.18. The van der Waals surface area contributed by atoms with Crippen molar-refractivity contribution in [2.24, 2.45) is 5.92 Å². The van der Waals surface area contributed by atoms with Crippen LogP contribution in [0.3, 0.4) is 0 Å². The van der Waals surface area contributed by atoms with Gasteiger partial charge in [0.05, 0.1) is 6.10 Å². The van der Waals surface area contributed by atoms with E-state index in [0.29, 0.717) is 19.4 Å². The Labute approximate surface area is 155 Å². The Morgan fingerprint density at radius 3 is 2.74 bits per heavy atom. The molecule has 1 aliphatic heterocycles. The summed E-state index contributed by atoms with van der Waals surface area (Å²) in [5.41, 5.74) is 4.79. The predicted octanol–water partition coefficient (Wildman–Crippen LogP) is 0.911. The summed E-state index contributed by atoms with van der Waals surface area (Å²) in [6, 6.07) is 0. The molecule has 3 rings (SSSR count). The largest absolute Gasteiger partial charge is 0.390 e. The van der Waals surface area contributed by atoms with E-state index in [2.05, 4.69) is 9.97 Å². The lowest BCUT2D eigenvalue weighted by molar-refractivity contribution is -0.0745. The number of nitrogens with one attached hydrogen (secondary N) is 1. The average molecular weight is 383 g/mol. The summed E-state index contributed by atoms with van der Waals surface area (Å²) < 4.78 is 23.0. The molecule has 10 heteroatoms. The van der Waals surface area contributed by atoms with Gasteiger partial charge < -0.3 is 15.6 Å². The standard InChI is InChI=1S/C17H26FN5O4/c1-4-6-7-22-11-13(20-16(19)21-14(11)25)23(17(22)26)15-8(3)10(18)12(27-15)9(24)5-2/h8-10,12,15,24H,4-7H2,1-3H3,(H3,19,20,21,25)/t8-,9+,10-,12-,15-/m1/s1. The molecule has 27 heavy (non-hydrogen) atoms. The van der Waals surface area contributed by atoms with Crippen LogP contribution in [0.15, 0.2) is 9.59 Å². The number of hydrogen-bond acceptors (Lipinski definition) is 6. The molecule has 0 saturated carbocycles. The molecule has 1 fully saturated rings. The molecule has 3 heterocycles. The highest BCUT2D eigenvalue weighted by Crippen LogP contribution is 2.38. The smallest absolute Gasteiger partial charge is 0.332 e. The number of alkyl halides is 1. The van der Waals surface area contributed by atoms with Gasteiger partial charge in [0.25, 0.3) is 5.56 Å². The highest BCUT2D eigenvalue weighted by atomic mass is 19.1. The number of unbranched alkanes of at least 4 members (excludes halogenated alkanes) is 1. The first-order chi connectivity index (χ1) is 12.8. The topological polar surface area (TPSA) is 128 Å². The molecule has 150 valence electrons. The van der Waals surface area contributed by atoms with Crippen LogP contribution in [-0.4, -0.2) is 42.6 Å². The van der Waals surface area contributed by atoms with Crippen LogP contribution in [0.4, 0.5) is 10.3 Å². The van der Waals surface area contributed by atoms with Gasteiger partial charge in [-0.1, -0.05) is 27.2 Å². The minimum Gasteiger partial charge on any atom is -0.390 e. The lowest BCUT2D eigenvalue weighted by atomic mass is 9.99. The van der Waals surface area contributed by atoms with Crippen LogP contribution in [-0.2, 0) is 11.3 Å². The van der Waals surface area contributed by atoms with Gasteiger partial charge in [0.1, 0.15) is 18.5 Å². The van der Waals surface area contributed by atoms with Crippen molar-refractivity contribution in [1.29, 1.82) is 0 Å². The Hall–Kier alpha value is -2.20. The van der Waals surface area contributed by atoms with Gasteiger partial charge in [-0.15, -0.1) is 0 Å². The number of aliphatic hydroxyl groups excluding tert-OH is 1. The number of hydrogen-bond donors (Lipinski definition) is 3. The van der Waals surface area contributed by atoms with Crippen LogP contribution in [0, 0.1) is 5.92 Å². The first-order valence-corrected chi connectivity index (χ1v) is 9.29. The van der Waals surface area contributed by atoms with E-state index in [9.17, 15) is 19.1 Å². The SMILES string of the molecule is CCCCn1c(=O)n([C@@H]2O[C@H]([C@@H](O)CC)[C@H](F)[C@H]2C)c2nc(N)[nH]c(=O)c21. The second-order valence-electron chi connectivity index (χ2n) is 7.05. The summed E-state index contributed by atoms with van der Waals surface area (Å²) in [7, 11) is 0. The van der Waals surface area contributed by atoms with Crippen LogP contribution < -0.4 is 17.0 Å². The molecule has 0 unspecified atom stereocenters. The zero-order chi connectivity index (χ0) is 19.9. The van der Waals surface area contributed by atoms with Crippen LogP contribution in [0.1, 0.15) is 46.3 Å². The van der Waals surface area contributed by atoms with E-state index in [0.717, 1.165) is 6.42 Å². The van der Waals surface area contributed by atoms with Crippen molar-refractivity contribution in [1.82, 2.24) is 19.1 Å². The number of halogens is 1. The maximum atomic E-state index is 14.7. The number of nitrogen functional groups attached to an aromatic ring is 1. The van der Waals surface area contributed by atoms with Gasteiger partial charge in [0.2, 0.25) is 5.95 Å². The second kappa shape index (κ2) is 7.43. The van der Waals surface area contributed by atoms with E-state index < -0.39 is 41.8 Å². The lowest BCUT2D eigenvalue weighted by Crippen LogP contribution is -2.33. The molecular weight excluding hydrogens is 357 g/mol. The molecule has 5 atom stereocenters. The zero-order valence-electron chi connectivity index (χ0n) is 15.7. The molecule has 4 N–H and O–H groups in total. The molecule has 0 amide bonds. The number of fused-ring (bicyclic) bond motifs is 1. The zero-order valence-corrected chi connectivity index (χ0v) is 15.7. The summed E-state index contributed by atoms with van der Waals surface area (Å²) in [6.45, 7) is 5.63. The van der Waals surface area contributed by atoms with Gasteiger partial charge in [-0.3, -0.25) is 14.3 Å². The molecule has 0 bridgehead atoms. The molecule has 2 aromatic heterocycles. The van der Waals surface area contributed by atoms with Gasteiger partial charge >= 0.3 is 5.69 Å². The number of aromatic nitrogens is 4. The van der Waals surface area contributed by atoms with Crippen molar-refractivity contribution in [2.45, 2.75) is 71.2 Å². The van der Waals surface area contributed by atoms with Gasteiger partial charge in [0.15, 0.2) is 11.2 Å². The molecule has 1 saturated heterocycles. The van der Waals surface area contributed by atoms with Crippen molar-refractivity contribution < 1.29 is 14.2 Å². The molecule has 9 nitrogen and oxygen atoms in total. The second-order valence-corrected chi connectivity index (χ2v) is 7.05. The number of rotatable bonds is 6. The fraction of sp³-hybridized carbons (Fsp3) is 0.706. The maximum absolute atomic E-state index is 14.7. The minimum atomic E-state index is -1.45. The van der Waals surface area contributed by atoms with E-state index in [1.807, 2.05) is 6.92 Å². The minimum absolute atomic E-state index is 0.0630. The van der Waals surface area contributed by atoms with Crippen LogP contribution in [0.5, 0.6) is 0 Å². The van der Waals surface area contributed by atoms with Gasteiger partial charge in [-0.25, -0.2) is 13.8 Å². The summed E-state index contributed by atoms with van der Waals surface area (Å²) in [5.74, 6) is -0.845. The van der Waals surface area contributed by atoms with E-state index in [4.69, 9.17) is 10.5 Å². The van der Waals surface area contributed by atoms with Crippen LogP contribution >= 0.6 is 0 Å². The van der Waals surface area contributed by atoms with E-state index in [1.54, 1.807) is 13.8 Å². The summed E-state index contributed by atoms with van der Waals surface area (Å²) in [5, 5.41) is 10.1. The summed E-state index contributed by atoms with van der Waals surface area (Å²) in [6.07, 6.45) is -2.64. The number of aryl methyl sites for hydroxylation is 1. The molecule has 0 aliphatic carbocycles. The van der Waals surface area contributed by atoms with E-state index in [-0.39, 0.29) is 17.1 Å². The average Bonchev–Trinajstić information content (AvgIpc) is 3.07. The van der Waals surface area contributed by atoms with Crippen LogP contribution in [0.25, 0.3) is 11.2 Å². The Morgan fingerprint density at radius 2 is 2.11 bits per heavy atom. The van der Waals surface area contributed by atoms with Gasteiger partial charge in [0, 0.05) is 12.5 Å². The number of ether oxygens (including phenoxy) is 1. The molecule has 0 radical (unpaired) electrons. The predicted molar refractivity (Wildman–Crippen MR) is 98.2 cm³/mol. The Kier molecular flexibility index (Phi) is 5.38. The third-order valence-electron chi connectivity index (χ3n) is 5.18. The monoisotopic (exact) mass is 383 g/mol. The van der Waals surface area contributed by atoms with Crippen molar-refractivity contribution >= 4 is 17.1 Å². The van der Waals surface area contributed by atoms with Crippen LogP contribution in [0.2, 0.25) is 0 Å². The van der Waals surface area contributed by atoms with Gasteiger partial charge in [-0.2, -0.15) is 4.98 Å². The van der Waals surface area contributed by atoms with Crippen molar-refractivity contribution in [3.8, 4) is 0 Å². The maximum Gasteiger partial charge on any atom is 0.332 e. The highest BCUT2D eigenvalue weighted by molar-refractivity contribution is 5.71. The normalized spacial score (nSPS) is 26.7. The summed E-state index contributed by atoms with van der Waals surface area (Å²) in [4.78, 5) is 32.0. The highest BCUT2D eigenvalue weighted by Gasteiger charge is 2.47. The molecular formula is C17H26FN5O4. The molecule has 0 aromatic carbocycles. The van der Waals surface area contributed by atoms with Gasteiger partial charge in [-0.05, 0) is 12.8 Å². The Bertz CT molecular complexity index is 936. The fourth-order valence-corrected chi connectivity index (χ4v) is 3.60. The lowest BCUT2D eigenvalue weighted by Gasteiger charge is -2.19. The third kappa shape index (κ3) is 3.16. The number of aliphatic hydroxyl groups is 1. The quantitative estimate of drug-likeness (QED) is 0.680. The number of nitrogens with two attached hydrogens (primary N) is 1. The number of nitrogens with zero attached hydrogens (tertiary/aromatic N) is 3. The summed E-state index contributed by atoms with van der Waals surface area (Å²) >= 11 is 0. The van der Waals surface area contributed by atoms with Crippen molar-refractivity contribution in [2.75, 3.05) is 5.73 Å². The third-order valence-corrected chi connectivity index (χ3v) is 5.18. The number of anilines is 1. The van der Waals surface area contributed by atoms with E-state index in [1.165, 1.54) is 9.13 Å². The number of aromatic amines is 1. The first-order valence-electron chi connectivity index (χ1n) is 9.29. The molecule has 2 aromatic rings. The molecule has 1 aliphatic rings. The Morgan fingerprint density at radius 1 is 1.41 bits per heavy atom. The molecule has 0 spiro atoms.